The van der Waals surface area contributed by atoms with Gasteiger partial charge in [0.15, 0.2) is 17.3 Å². The van der Waals surface area contributed by atoms with Crippen LogP contribution in [0.25, 0.3) is 0 Å². The number of carbonyl (C=O) groups excluding carboxylic acids is 1. The molecule has 1 aromatic carbocycles. The fraction of sp³-hybridized carbons (Fsp3) is 0.154. The molecular formula is C13H10FNO6. The first kappa shape index (κ1) is 14.5. The number of furan rings is 1. The normalized spacial score (nSPS) is 10.2. The van der Waals surface area contributed by atoms with Crippen LogP contribution in [-0.4, -0.2) is 24.9 Å². The molecule has 0 radical (unpaired) electrons. The van der Waals surface area contributed by atoms with Gasteiger partial charge < -0.3 is 13.9 Å². The van der Waals surface area contributed by atoms with Crippen LogP contribution in [0.2, 0.25) is 0 Å². The van der Waals surface area contributed by atoms with Crippen molar-refractivity contribution < 1.29 is 28.0 Å². The number of ketones is 1. The Bertz CT molecular complexity index is 709. The molecule has 7 nitrogen and oxygen atoms in total. The van der Waals surface area contributed by atoms with E-state index >= 15 is 0 Å². The lowest BCUT2D eigenvalue weighted by molar-refractivity contribution is -0.402. The van der Waals surface area contributed by atoms with Gasteiger partial charge in [0, 0.05) is 6.07 Å². The van der Waals surface area contributed by atoms with Crippen LogP contribution in [0.15, 0.2) is 28.7 Å². The minimum Gasteiger partial charge on any atom is -0.493 e. The smallest absolute Gasteiger partial charge is 0.433 e. The zero-order chi connectivity index (χ0) is 15.6. The third kappa shape index (κ3) is 2.69. The third-order valence-corrected chi connectivity index (χ3v) is 2.71. The summed E-state index contributed by atoms with van der Waals surface area (Å²) in [5.74, 6) is -2.34. The second kappa shape index (κ2) is 5.61. The summed E-state index contributed by atoms with van der Waals surface area (Å²) in [5, 5.41) is 10.5. The first-order valence-electron chi connectivity index (χ1n) is 5.68. The van der Waals surface area contributed by atoms with E-state index in [9.17, 15) is 19.3 Å². The molecule has 0 amide bonds. The Morgan fingerprint density at radius 1 is 1.24 bits per heavy atom. The van der Waals surface area contributed by atoms with E-state index in [4.69, 9.17) is 13.9 Å². The number of hydrogen-bond acceptors (Lipinski definition) is 6. The zero-order valence-corrected chi connectivity index (χ0v) is 11.1. The molecule has 2 aromatic rings. The fourth-order valence-electron chi connectivity index (χ4n) is 1.71. The van der Waals surface area contributed by atoms with Crippen LogP contribution in [0.4, 0.5) is 10.3 Å². The Morgan fingerprint density at radius 2 is 1.86 bits per heavy atom. The SMILES string of the molecule is COc1cc(F)c(C(=O)c2ccc([N+](=O)[O-])o2)cc1OC. The van der Waals surface area contributed by atoms with Gasteiger partial charge in [-0.15, -0.1) is 0 Å². The van der Waals surface area contributed by atoms with Gasteiger partial charge in [-0.3, -0.25) is 14.9 Å². The Labute approximate surface area is 118 Å². The van der Waals surface area contributed by atoms with E-state index in [0.717, 1.165) is 24.3 Å². The molecule has 0 saturated carbocycles. The van der Waals surface area contributed by atoms with Crippen molar-refractivity contribution in [2.75, 3.05) is 14.2 Å². The highest BCUT2D eigenvalue weighted by atomic mass is 19.1. The lowest BCUT2D eigenvalue weighted by atomic mass is 10.1. The summed E-state index contributed by atoms with van der Waals surface area (Å²) < 4.78 is 28.6. The largest absolute Gasteiger partial charge is 0.493 e. The molecule has 0 saturated heterocycles. The minimum absolute atomic E-state index is 0.122. The maximum atomic E-state index is 13.9. The Morgan fingerprint density at radius 3 is 2.38 bits per heavy atom. The molecule has 0 aliphatic carbocycles. The van der Waals surface area contributed by atoms with Crippen LogP contribution in [0.5, 0.6) is 11.5 Å². The minimum atomic E-state index is -0.850. The van der Waals surface area contributed by atoms with Gasteiger partial charge in [-0.05, 0) is 12.1 Å². The number of nitrogens with zero attached hydrogens (tertiary/aromatic N) is 1. The van der Waals surface area contributed by atoms with Crippen LogP contribution in [0, 0.1) is 15.9 Å². The number of carbonyl (C=O) groups is 1. The number of halogens is 1. The van der Waals surface area contributed by atoms with Crippen molar-refractivity contribution in [2.45, 2.75) is 0 Å². The number of rotatable bonds is 5. The number of hydrogen-bond donors (Lipinski definition) is 0. The Kier molecular flexibility index (Phi) is 3.88. The quantitative estimate of drug-likeness (QED) is 0.478. The van der Waals surface area contributed by atoms with Crippen LogP contribution in [0.1, 0.15) is 16.1 Å². The molecule has 21 heavy (non-hydrogen) atoms. The van der Waals surface area contributed by atoms with Gasteiger partial charge in [-0.25, -0.2) is 4.39 Å². The van der Waals surface area contributed by atoms with Crippen LogP contribution in [-0.2, 0) is 0 Å². The maximum Gasteiger partial charge on any atom is 0.433 e. The molecule has 1 heterocycles. The molecule has 0 aliphatic heterocycles. The highest BCUT2D eigenvalue weighted by molar-refractivity contribution is 6.07. The molecule has 0 aliphatic rings. The average molecular weight is 295 g/mol. The van der Waals surface area contributed by atoms with Crippen molar-refractivity contribution >= 4 is 11.7 Å². The first-order chi connectivity index (χ1) is 9.97. The summed E-state index contributed by atoms with van der Waals surface area (Å²) in [4.78, 5) is 21.8. The van der Waals surface area contributed by atoms with E-state index in [1.807, 2.05) is 0 Å². The van der Waals surface area contributed by atoms with Crippen LogP contribution in [0.3, 0.4) is 0 Å². The van der Waals surface area contributed by atoms with Gasteiger partial charge >= 0.3 is 5.88 Å². The Hall–Kier alpha value is -2.90. The van der Waals surface area contributed by atoms with Crippen molar-refractivity contribution in [1.29, 1.82) is 0 Å². The first-order valence-corrected chi connectivity index (χ1v) is 5.68. The van der Waals surface area contributed by atoms with Crippen molar-refractivity contribution in [3.63, 3.8) is 0 Å². The van der Waals surface area contributed by atoms with E-state index in [2.05, 4.69) is 0 Å². The lowest BCUT2D eigenvalue weighted by Crippen LogP contribution is -2.05. The van der Waals surface area contributed by atoms with E-state index in [1.54, 1.807) is 0 Å². The third-order valence-electron chi connectivity index (χ3n) is 2.71. The van der Waals surface area contributed by atoms with Gasteiger partial charge in [-0.1, -0.05) is 0 Å². The highest BCUT2D eigenvalue weighted by Gasteiger charge is 2.23. The summed E-state index contributed by atoms with van der Waals surface area (Å²) in [6.45, 7) is 0. The summed E-state index contributed by atoms with van der Waals surface area (Å²) >= 11 is 0. The molecule has 0 bridgehead atoms. The topological polar surface area (TPSA) is 91.8 Å². The second-order valence-corrected chi connectivity index (χ2v) is 3.91. The summed E-state index contributed by atoms with van der Waals surface area (Å²) in [5.41, 5.74) is -0.336. The molecule has 2 rings (SSSR count). The fourth-order valence-corrected chi connectivity index (χ4v) is 1.71. The maximum absolute atomic E-state index is 13.9. The highest BCUT2D eigenvalue weighted by Crippen LogP contribution is 2.31. The second-order valence-electron chi connectivity index (χ2n) is 3.91. The summed E-state index contributed by atoms with van der Waals surface area (Å²) in [7, 11) is 2.66. The van der Waals surface area contributed by atoms with E-state index in [-0.39, 0.29) is 22.8 Å². The number of ether oxygens (including phenoxy) is 2. The van der Waals surface area contributed by atoms with Gasteiger partial charge in [0.2, 0.25) is 5.78 Å². The van der Waals surface area contributed by atoms with Gasteiger partial charge in [0.05, 0.1) is 25.8 Å². The van der Waals surface area contributed by atoms with Crippen molar-refractivity contribution in [1.82, 2.24) is 0 Å². The van der Waals surface area contributed by atoms with Crippen LogP contribution < -0.4 is 9.47 Å². The lowest BCUT2D eigenvalue weighted by Gasteiger charge is -2.09. The predicted molar refractivity (Wildman–Crippen MR) is 68.3 cm³/mol. The molecular weight excluding hydrogens is 285 g/mol. The molecule has 8 heteroatoms. The molecule has 0 spiro atoms. The van der Waals surface area contributed by atoms with Gasteiger partial charge in [0.1, 0.15) is 10.7 Å². The molecule has 0 unspecified atom stereocenters. The molecule has 0 N–H and O–H groups in total. The zero-order valence-electron chi connectivity index (χ0n) is 11.1. The monoisotopic (exact) mass is 295 g/mol. The summed E-state index contributed by atoms with van der Waals surface area (Å²) in [6.07, 6.45) is 0. The number of methoxy groups -OCH3 is 2. The molecule has 110 valence electrons. The molecule has 0 fully saturated rings. The van der Waals surface area contributed by atoms with Gasteiger partial charge in [-0.2, -0.15) is 0 Å². The van der Waals surface area contributed by atoms with E-state index < -0.39 is 22.4 Å². The predicted octanol–water partition coefficient (Wildman–Crippen LogP) is 2.58. The molecule has 1 aromatic heterocycles. The number of benzene rings is 1. The van der Waals surface area contributed by atoms with E-state index in [0.29, 0.717) is 0 Å². The van der Waals surface area contributed by atoms with Crippen molar-refractivity contribution in [3.05, 3.63) is 51.5 Å². The number of nitro groups is 1. The standard InChI is InChI=1S/C13H10FNO6/c1-19-10-5-7(8(14)6-11(10)20-2)13(16)9-3-4-12(21-9)15(17)18/h3-6H,1-2H3. The average Bonchev–Trinajstić information content (AvgIpc) is 2.96. The summed E-state index contributed by atoms with van der Waals surface area (Å²) in [6, 6.07) is 4.26. The van der Waals surface area contributed by atoms with Crippen molar-refractivity contribution in [3.8, 4) is 11.5 Å². The van der Waals surface area contributed by atoms with Gasteiger partial charge in [0.25, 0.3) is 0 Å². The van der Waals surface area contributed by atoms with E-state index in [1.165, 1.54) is 14.2 Å². The Balaban J connectivity index is 2.44. The molecule has 0 atom stereocenters. The van der Waals surface area contributed by atoms with Crippen LogP contribution >= 0.6 is 0 Å². The van der Waals surface area contributed by atoms with Crippen molar-refractivity contribution in [2.24, 2.45) is 0 Å².